The van der Waals surface area contributed by atoms with E-state index in [2.05, 4.69) is 17.3 Å². The van der Waals surface area contributed by atoms with Crippen molar-refractivity contribution in [2.75, 3.05) is 26.7 Å². The van der Waals surface area contributed by atoms with Crippen LogP contribution in [0.5, 0.6) is 0 Å². The van der Waals surface area contributed by atoms with Crippen molar-refractivity contribution in [1.29, 1.82) is 0 Å². The van der Waals surface area contributed by atoms with Crippen LogP contribution in [0.25, 0.3) is 0 Å². The highest BCUT2D eigenvalue weighted by atomic mass is 15.2. The van der Waals surface area contributed by atoms with Gasteiger partial charge in [0.1, 0.15) is 0 Å². The van der Waals surface area contributed by atoms with Crippen molar-refractivity contribution in [1.82, 2.24) is 10.2 Å². The highest BCUT2D eigenvalue weighted by Crippen LogP contribution is 2.27. The van der Waals surface area contributed by atoms with E-state index in [0.717, 1.165) is 12.0 Å². The molecule has 2 rings (SSSR count). The summed E-state index contributed by atoms with van der Waals surface area (Å²) in [6, 6.07) is 0.791. The summed E-state index contributed by atoms with van der Waals surface area (Å²) in [6.45, 7) is 3.69. The molecule has 0 spiro atoms. The van der Waals surface area contributed by atoms with E-state index in [9.17, 15) is 0 Å². The minimum atomic E-state index is 0.791. The lowest BCUT2D eigenvalue weighted by Gasteiger charge is -2.37. The van der Waals surface area contributed by atoms with Crippen LogP contribution in [0.4, 0.5) is 0 Å². The van der Waals surface area contributed by atoms with Crippen molar-refractivity contribution in [3.63, 3.8) is 0 Å². The lowest BCUT2D eigenvalue weighted by atomic mass is 9.83. The number of nitrogens with zero attached hydrogens (tertiary/aromatic N) is 1. The third-order valence-corrected chi connectivity index (χ3v) is 3.63. The molecule has 0 amide bonds. The van der Waals surface area contributed by atoms with Gasteiger partial charge in [-0.3, -0.25) is 0 Å². The number of rotatable bonds is 1. The van der Waals surface area contributed by atoms with Crippen molar-refractivity contribution in [3.05, 3.63) is 0 Å². The second kappa shape index (κ2) is 4.43. The maximum atomic E-state index is 3.68. The second-order valence-electron chi connectivity index (χ2n) is 4.72. The van der Waals surface area contributed by atoms with Gasteiger partial charge in [-0.25, -0.2) is 0 Å². The van der Waals surface area contributed by atoms with E-state index in [1.54, 1.807) is 0 Å². The summed E-state index contributed by atoms with van der Waals surface area (Å²) in [5, 5.41) is 3.68. The monoisotopic (exact) mass is 182 g/mol. The van der Waals surface area contributed by atoms with Crippen LogP contribution in [0.1, 0.15) is 32.1 Å². The van der Waals surface area contributed by atoms with Gasteiger partial charge in [-0.2, -0.15) is 0 Å². The highest BCUT2D eigenvalue weighted by molar-refractivity contribution is 4.84. The average Bonchev–Trinajstić information content (AvgIpc) is 2.19. The molecule has 1 saturated heterocycles. The Balaban J connectivity index is 1.83. The van der Waals surface area contributed by atoms with Gasteiger partial charge in [0.05, 0.1) is 0 Å². The Morgan fingerprint density at radius 2 is 1.92 bits per heavy atom. The summed E-state index contributed by atoms with van der Waals surface area (Å²) < 4.78 is 0. The van der Waals surface area contributed by atoms with Gasteiger partial charge in [-0.1, -0.05) is 19.3 Å². The van der Waals surface area contributed by atoms with Crippen molar-refractivity contribution in [2.24, 2.45) is 5.92 Å². The molecule has 2 heteroatoms. The molecule has 1 saturated carbocycles. The van der Waals surface area contributed by atoms with Gasteiger partial charge in [0.15, 0.2) is 0 Å². The van der Waals surface area contributed by atoms with Crippen molar-refractivity contribution in [3.8, 4) is 0 Å². The normalized spacial score (nSPS) is 33.5. The summed E-state index contributed by atoms with van der Waals surface area (Å²) in [6.07, 6.45) is 7.33. The zero-order chi connectivity index (χ0) is 9.10. The molecule has 76 valence electrons. The van der Waals surface area contributed by atoms with E-state index in [0.29, 0.717) is 0 Å². The van der Waals surface area contributed by atoms with Crippen LogP contribution in [0, 0.1) is 5.92 Å². The molecule has 0 radical (unpaired) electrons. The molecule has 0 aromatic heterocycles. The Hall–Kier alpha value is -0.0800. The molecule has 1 aliphatic heterocycles. The Bertz CT molecular complexity index is 152. The first kappa shape index (κ1) is 9.47. The summed E-state index contributed by atoms with van der Waals surface area (Å²) in [7, 11) is 2.25. The number of nitrogens with one attached hydrogen (secondary N) is 1. The first-order valence-electron chi connectivity index (χ1n) is 5.78. The number of piperazine rings is 1. The van der Waals surface area contributed by atoms with Crippen molar-refractivity contribution in [2.45, 2.75) is 38.1 Å². The van der Waals surface area contributed by atoms with Crippen LogP contribution in [0.3, 0.4) is 0 Å². The SMILES string of the molecule is CN1CCNC(C2CCCCC2)C1. The molecule has 1 atom stereocenters. The molecule has 0 aromatic rings. The molecular formula is C11H22N2. The Labute approximate surface area is 81.7 Å². The molecule has 0 bridgehead atoms. The number of hydrogen-bond donors (Lipinski definition) is 1. The molecule has 1 heterocycles. The standard InChI is InChI=1S/C11H22N2/c1-13-8-7-12-11(9-13)10-5-3-2-4-6-10/h10-12H,2-9H2,1H3. The zero-order valence-electron chi connectivity index (χ0n) is 8.76. The van der Waals surface area contributed by atoms with E-state index in [1.165, 1.54) is 51.7 Å². The minimum Gasteiger partial charge on any atom is -0.311 e. The van der Waals surface area contributed by atoms with Gasteiger partial charge in [0.2, 0.25) is 0 Å². The molecule has 0 aromatic carbocycles. The summed E-state index contributed by atoms with van der Waals surface area (Å²) in [5.74, 6) is 0.969. The van der Waals surface area contributed by atoms with Crippen LogP contribution in [0.2, 0.25) is 0 Å². The van der Waals surface area contributed by atoms with Gasteiger partial charge in [0.25, 0.3) is 0 Å². The third kappa shape index (κ3) is 2.44. The van der Waals surface area contributed by atoms with Crippen molar-refractivity contribution < 1.29 is 0 Å². The van der Waals surface area contributed by atoms with Crippen LogP contribution in [-0.2, 0) is 0 Å². The maximum absolute atomic E-state index is 3.68. The van der Waals surface area contributed by atoms with E-state index in [4.69, 9.17) is 0 Å². The fourth-order valence-corrected chi connectivity index (χ4v) is 2.78. The summed E-state index contributed by atoms with van der Waals surface area (Å²) >= 11 is 0. The van der Waals surface area contributed by atoms with Crippen LogP contribution in [0.15, 0.2) is 0 Å². The van der Waals surface area contributed by atoms with E-state index in [1.807, 2.05) is 0 Å². The fraction of sp³-hybridized carbons (Fsp3) is 1.00. The molecule has 1 N–H and O–H groups in total. The minimum absolute atomic E-state index is 0.791. The van der Waals surface area contributed by atoms with Crippen LogP contribution in [-0.4, -0.2) is 37.6 Å². The van der Waals surface area contributed by atoms with Gasteiger partial charge in [-0.05, 0) is 25.8 Å². The predicted molar refractivity (Wildman–Crippen MR) is 55.9 cm³/mol. The van der Waals surface area contributed by atoms with E-state index >= 15 is 0 Å². The zero-order valence-corrected chi connectivity index (χ0v) is 8.76. The van der Waals surface area contributed by atoms with Gasteiger partial charge in [0, 0.05) is 25.7 Å². The second-order valence-corrected chi connectivity index (χ2v) is 4.72. The molecule has 13 heavy (non-hydrogen) atoms. The van der Waals surface area contributed by atoms with Gasteiger partial charge >= 0.3 is 0 Å². The highest BCUT2D eigenvalue weighted by Gasteiger charge is 2.26. The summed E-state index contributed by atoms with van der Waals surface area (Å²) in [5.41, 5.74) is 0. The smallest absolute Gasteiger partial charge is 0.0223 e. The quantitative estimate of drug-likeness (QED) is 0.660. The Morgan fingerprint density at radius 3 is 2.62 bits per heavy atom. The predicted octanol–water partition coefficient (Wildman–Crippen LogP) is 1.47. The van der Waals surface area contributed by atoms with Crippen LogP contribution < -0.4 is 5.32 Å². The lowest BCUT2D eigenvalue weighted by Crippen LogP contribution is -2.52. The van der Waals surface area contributed by atoms with E-state index < -0.39 is 0 Å². The van der Waals surface area contributed by atoms with E-state index in [-0.39, 0.29) is 0 Å². The fourth-order valence-electron chi connectivity index (χ4n) is 2.78. The average molecular weight is 182 g/mol. The maximum Gasteiger partial charge on any atom is 0.0223 e. The molecule has 2 nitrogen and oxygen atoms in total. The number of likely N-dealkylation sites (N-methyl/N-ethyl adjacent to an activating group) is 1. The largest absolute Gasteiger partial charge is 0.311 e. The van der Waals surface area contributed by atoms with Gasteiger partial charge < -0.3 is 10.2 Å². The number of hydrogen-bond acceptors (Lipinski definition) is 2. The Morgan fingerprint density at radius 1 is 1.15 bits per heavy atom. The Kier molecular flexibility index (Phi) is 3.23. The van der Waals surface area contributed by atoms with Gasteiger partial charge in [-0.15, -0.1) is 0 Å². The first-order valence-corrected chi connectivity index (χ1v) is 5.78. The molecular weight excluding hydrogens is 160 g/mol. The molecule has 2 aliphatic rings. The topological polar surface area (TPSA) is 15.3 Å². The summed E-state index contributed by atoms with van der Waals surface area (Å²) in [4.78, 5) is 2.47. The molecule has 1 unspecified atom stereocenters. The first-order chi connectivity index (χ1) is 6.36. The van der Waals surface area contributed by atoms with Crippen LogP contribution >= 0.6 is 0 Å². The molecule has 1 aliphatic carbocycles. The lowest BCUT2D eigenvalue weighted by molar-refractivity contribution is 0.168. The molecule has 2 fully saturated rings. The van der Waals surface area contributed by atoms with Crippen molar-refractivity contribution >= 4 is 0 Å². The third-order valence-electron chi connectivity index (χ3n) is 3.63.